The summed E-state index contributed by atoms with van der Waals surface area (Å²) in [7, 11) is 1.67. The predicted molar refractivity (Wildman–Crippen MR) is 91.4 cm³/mol. The first-order chi connectivity index (χ1) is 10.7. The van der Waals surface area contributed by atoms with Crippen LogP contribution >= 0.6 is 12.4 Å². The first kappa shape index (κ1) is 17.8. The van der Waals surface area contributed by atoms with Crippen molar-refractivity contribution in [2.45, 2.75) is 31.8 Å². The van der Waals surface area contributed by atoms with Crippen LogP contribution in [0.15, 0.2) is 24.3 Å². The minimum Gasteiger partial charge on any atom is -0.359 e. The summed E-state index contributed by atoms with van der Waals surface area (Å²) < 4.78 is 0. The molecule has 126 valence electrons. The number of fused-ring (bicyclic) bond motifs is 1. The molecule has 1 aromatic carbocycles. The number of piperidine rings is 1. The number of amides is 2. The minimum absolute atomic E-state index is 0. The Hall–Kier alpha value is -1.59. The molecule has 1 aromatic rings. The van der Waals surface area contributed by atoms with Crippen molar-refractivity contribution in [3.63, 3.8) is 0 Å². The Morgan fingerprint density at radius 1 is 1.17 bits per heavy atom. The normalized spacial score (nSPS) is 21.1. The van der Waals surface area contributed by atoms with Crippen molar-refractivity contribution < 1.29 is 9.59 Å². The zero-order valence-corrected chi connectivity index (χ0v) is 14.2. The molecular formula is C17H24ClN3O2. The van der Waals surface area contributed by atoms with E-state index in [0.717, 1.165) is 25.8 Å². The second-order valence-electron chi connectivity index (χ2n) is 6.12. The minimum atomic E-state index is -0.133. The molecule has 1 fully saturated rings. The van der Waals surface area contributed by atoms with Crippen LogP contribution in [-0.4, -0.2) is 42.9 Å². The highest BCUT2D eigenvalue weighted by molar-refractivity contribution is 5.85. The number of hydrogen-bond acceptors (Lipinski definition) is 3. The molecule has 1 unspecified atom stereocenters. The van der Waals surface area contributed by atoms with Gasteiger partial charge >= 0.3 is 0 Å². The maximum atomic E-state index is 12.7. The molecule has 0 aliphatic carbocycles. The van der Waals surface area contributed by atoms with Crippen molar-refractivity contribution in [2.24, 2.45) is 5.92 Å². The molecule has 1 saturated heterocycles. The zero-order chi connectivity index (χ0) is 15.5. The van der Waals surface area contributed by atoms with Gasteiger partial charge in [0.1, 0.15) is 0 Å². The zero-order valence-electron chi connectivity index (χ0n) is 13.4. The smallest absolute Gasteiger partial charge is 0.240 e. The molecule has 2 N–H and O–H groups in total. The summed E-state index contributed by atoms with van der Waals surface area (Å²) in [5.41, 5.74) is 2.55. The number of halogens is 1. The topological polar surface area (TPSA) is 61.4 Å². The van der Waals surface area contributed by atoms with Gasteiger partial charge in [-0.05, 0) is 30.4 Å². The first-order valence-electron chi connectivity index (χ1n) is 7.99. The van der Waals surface area contributed by atoms with Crippen molar-refractivity contribution in [3.8, 4) is 0 Å². The Balaban J connectivity index is 0.00000192. The number of carbonyl (C=O) groups excluding carboxylic acids is 2. The van der Waals surface area contributed by atoms with E-state index in [1.807, 2.05) is 17.0 Å². The first-order valence-corrected chi connectivity index (χ1v) is 7.99. The fourth-order valence-electron chi connectivity index (χ4n) is 3.42. The number of likely N-dealkylation sites (tertiary alicyclic amines) is 1. The van der Waals surface area contributed by atoms with Gasteiger partial charge in [0.15, 0.2) is 0 Å². The fraction of sp³-hybridized carbons (Fsp3) is 0.529. The highest BCUT2D eigenvalue weighted by atomic mass is 35.5. The van der Waals surface area contributed by atoms with E-state index < -0.39 is 0 Å². The monoisotopic (exact) mass is 337 g/mol. The van der Waals surface area contributed by atoms with Crippen LogP contribution in [0.1, 0.15) is 24.0 Å². The Kier molecular flexibility index (Phi) is 6.02. The third-order valence-corrected chi connectivity index (χ3v) is 4.80. The van der Waals surface area contributed by atoms with E-state index in [1.165, 1.54) is 11.1 Å². The van der Waals surface area contributed by atoms with Crippen LogP contribution in [0.5, 0.6) is 0 Å². The average molecular weight is 338 g/mol. The van der Waals surface area contributed by atoms with Gasteiger partial charge in [0.2, 0.25) is 11.8 Å². The average Bonchev–Trinajstić information content (AvgIpc) is 2.60. The molecule has 2 aliphatic rings. The number of hydrogen-bond donors (Lipinski definition) is 2. The van der Waals surface area contributed by atoms with E-state index in [1.54, 1.807) is 7.05 Å². The van der Waals surface area contributed by atoms with E-state index in [-0.39, 0.29) is 36.2 Å². The summed E-state index contributed by atoms with van der Waals surface area (Å²) in [6.07, 6.45) is 2.27. The number of nitrogens with one attached hydrogen (secondary N) is 2. The highest BCUT2D eigenvalue weighted by Gasteiger charge is 2.31. The van der Waals surface area contributed by atoms with Crippen molar-refractivity contribution >= 4 is 24.2 Å². The highest BCUT2D eigenvalue weighted by Crippen LogP contribution is 2.21. The second kappa shape index (κ2) is 7.79. The fourth-order valence-corrected chi connectivity index (χ4v) is 3.42. The largest absolute Gasteiger partial charge is 0.359 e. The van der Waals surface area contributed by atoms with Crippen LogP contribution < -0.4 is 10.6 Å². The lowest BCUT2D eigenvalue weighted by atomic mass is 9.93. The Morgan fingerprint density at radius 2 is 1.83 bits per heavy atom. The van der Waals surface area contributed by atoms with Crippen molar-refractivity contribution in [3.05, 3.63) is 35.4 Å². The lowest BCUT2D eigenvalue weighted by Crippen LogP contribution is -2.52. The summed E-state index contributed by atoms with van der Waals surface area (Å²) in [6, 6.07) is 8.14. The molecule has 0 radical (unpaired) electrons. The summed E-state index contributed by atoms with van der Waals surface area (Å²) in [6.45, 7) is 2.11. The van der Waals surface area contributed by atoms with Gasteiger partial charge in [-0.25, -0.2) is 0 Å². The van der Waals surface area contributed by atoms with Gasteiger partial charge in [0.05, 0.1) is 6.04 Å². The van der Waals surface area contributed by atoms with Crippen molar-refractivity contribution in [1.29, 1.82) is 0 Å². The van der Waals surface area contributed by atoms with E-state index in [2.05, 4.69) is 22.8 Å². The third kappa shape index (κ3) is 3.85. The standard InChI is InChI=1S/C17H23N3O2.ClH/c1-18-16(21)12-6-8-20(9-7-12)17(22)15-10-13-4-2-3-5-14(13)11-19-15;/h2-5,12,15,19H,6-11H2,1H3,(H,18,21);1H. The van der Waals surface area contributed by atoms with E-state index >= 15 is 0 Å². The maximum absolute atomic E-state index is 12.7. The second-order valence-corrected chi connectivity index (χ2v) is 6.12. The summed E-state index contributed by atoms with van der Waals surface area (Å²) in [4.78, 5) is 26.2. The molecule has 0 bridgehead atoms. The van der Waals surface area contributed by atoms with Gasteiger partial charge in [0, 0.05) is 32.6 Å². The molecule has 6 heteroatoms. The number of nitrogens with zero attached hydrogens (tertiary/aromatic N) is 1. The van der Waals surface area contributed by atoms with E-state index in [4.69, 9.17) is 0 Å². The number of rotatable bonds is 2. The quantitative estimate of drug-likeness (QED) is 0.849. The van der Waals surface area contributed by atoms with Gasteiger partial charge in [-0.2, -0.15) is 0 Å². The summed E-state index contributed by atoms with van der Waals surface area (Å²) >= 11 is 0. The Labute approximate surface area is 143 Å². The predicted octanol–water partition coefficient (Wildman–Crippen LogP) is 1.11. The van der Waals surface area contributed by atoms with E-state index in [0.29, 0.717) is 13.1 Å². The van der Waals surface area contributed by atoms with Crippen LogP contribution in [-0.2, 0) is 22.6 Å². The van der Waals surface area contributed by atoms with Gasteiger partial charge in [-0.1, -0.05) is 24.3 Å². The maximum Gasteiger partial charge on any atom is 0.240 e. The van der Waals surface area contributed by atoms with Crippen LogP contribution in [0.4, 0.5) is 0 Å². The van der Waals surface area contributed by atoms with Gasteiger partial charge in [-0.15, -0.1) is 12.4 Å². The molecule has 0 aromatic heterocycles. The number of carbonyl (C=O) groups is 2. The lowest BCUT2D eigenvalue weighted by molar-refractivity contribution is -0.137. The molecule has 1 atom stereocenters. The molecule has 0 spiro atoms. The third-order valence-electron chi connectivity index (χ3n) is 4.80. The van der Waals surface area contributed by atoms with Crippen LogP contribution in [0, 0.1) is 5.92 Å². The molecule has 0 saturated carbocycles. The van der Waals surface area contributed by atoms with Gasteiger partial charge in [0.25, 0.3) is 0 Å². The van der Waals surface area contributed by atoms with Crippen LogP contribution in [0.3, 0.4) is 0 Å². The van der Waals surface area contributed by atoms with Crippen LogP contribution in [0.2, 0.25) is 0 Å². The van der Waals surface area contributed by atoms with Gasteiger partial charge in [-0.3, -0.25) is 9.59 Å². The Morgan fingerprint density at radius 3 is 2.48 bits per heavy atom. The van der Waals surface area contributed by atoms with Crippen molar-refractivity contribution in [1.82, 2.24) is 15.5 Å². The SMILES string of the molecule is CNC(=O)C1CCN(C(=O)C2Cc3ccccc3CN2)CC1.Cl. The Bertz CT molecular complexity index is 571. The van der Waals surface area contributed by atoms with Gasteiger partial charge < -0.3 is 15.5 Å². The molecule has 5 nitrogen and oxygen atoms in total. The molecule has 2 aliphatic heterocycles. The van der Waals surface area contributed by atoms with E-state index in [9.17, 15) is 9.59 Å². The van der Waals surface area contributed by atoms with Crippen molar-refractivity contribution in [2.75, 3.05) is 20.1 Å². The molecule has 3 rings (SSSR count). The number of benzene rings is 1. The molecule has 2 heterocycles. The summed E-state index contributed by atoms with van der Waals surface area (Å²) in [5.74, 6) is 0.316. The van der Waals surface area contributed by atoms with Crippen LogP contribution in [0.25, 0.3) is 0 Å². The molecule has 2 amide bonds. The summed E-state index contributed by atoms with van der Waals surface area (Å²) in [5, 5.41) is 6.05. The molecular weight excluding hydrogens is 314 g/mol. The molecule has 23 heavy (non-hydrogen) atoms. The lowest BCUT2D eigenvalue weighted by Gasteiger charge is -2.35.